The first-order valence-corrected chi connectivity index (χ1v) is 5.79. The van der Waals surface area contributed by atoms with Gasteiger partial charge in [0.1, 0.15) is 0 Å². The molecule has 1 aromatic rings. The predicted octanol–water partition coefficient (Wildman–Crippen LogP) is 3.15. The van der Waals surface area contributed by atoms with Crippen LogP contribution in [0.25, 0.3) is 0 Å². The van der Waals surface area contributed by atoms with Crippen LogP contribution in [0.5, 0.6) is 5.75 Å². The van der Waals surface area contributed by atoms with E-state index in [1.807, 2.05) is 0 Å². The van der Waals surface area contributed by atoms with Gasteiger partial charge < -0.3 is 9.47 Å². The molecule has 1 rings (SSSR count). The van der Waals surface area contributed by atoms with Crippen molar-refractivity contribution in [3.05, 3.63) is 23.0 Å². The third-order valence-corrected chi connectivity index (χ3v) is 2.49. The molecule has 9 heteroatoms. The zero-order valence-corrected chi connectivity index (χ0v) is 11.1. The van der Waals surface area contributed by atoms with Gasteiger partial charge in [0.15, 0.2) is 11.4 Å². The number of pyridine rings is 1. The predicted molar refractivity (Wildman–Crippen MR) is 61.1 cm³/mol. The van der Waals surface area contributed by atoms with Gasteiger partial charge in [-0.1, -0.05) is 0 Å². The number of halogens is 5. The van der Waals surface area contributed by atoms with Crippen molar-refractivity contribution in [2.45, 2.75) is 25.9 Å². The molecule has 0 aliphatic rings. The van der Waals surface area contributed by atoms with Crippen LogP contribution >= 0.6 is 0 Å². The van der Waals surface area contributed by atoms with Crippen molar-refractivity contribution in [3.8, 4) is 5.75 Å². The Bertz CT molecular complexity index is 516. The van der Waals surface area contributed by atoms with Crippen LogP contribution in [0.15, 0.2) is 6.20 Å². The maximum absolute atomic E-state index is 13.1. The van der Waals surface area contributed by atoms with Crippen molar-refractivity contribution in [2.24, 2.45) is 0 Å². The van der Waals surface area contributed by atoms with Gasteiger partial charge in [0.2, 0.25) is 0 Å². The van der Waals surface area contributed by atoms with Gasteiger partial charge in [-0.25, -0.2) is 13.8 Å². The molecule has 118 valence electrons. The van der Waals surface area contributed by atoms with Crippen molar-refractivity contribution >= 4 is 5.97 Å². The number of hydrogen-bond acceptors (Lipinski definition) is 4. The summed E-state index contributed by atoms with van der Waals surface area (Å²) in [6, 6.07) is 0. The van der Waals surface area contributed by atoms with E-state index in [9.17, 15) is 26.7 Å². The highest BCUT2D eigenvalue weighted by Gasteiger charge is 2.39. The molecule has 0 atom stereocenters. The average Bonchev–Trinajstić information content (AvgIpc) is 2.36. The second kappa shape index (κ2) is 6.68. The van der Waals surface area contributed by atoms with Gasteiger partial charge in [-0.05, 0) is 12.5 Å². The quantitative estimate of drug-likeness (QED) is 0.619. The van der Waals surface area contributed by atoms with E-state index < -0.39 is 42.0 Å². The van der Waals surface area contributed by atoms with Crippen LogP contribution in [0.1, 0.15) is 30.2 Å². The Kier molecular flexibility index (Phi) is 5.45. The van der Waals surface area contributed by atoms with Crippen molar-refractivity contribution < 1.29 is 36.2 Å². The van der Waals surface area contributed by atoms with Crippen molar-refractivity contribution in [3.63, 3.8) is 0 Å². The fraction of sp³-hybridized carbons (Fsp3) is 0.500. The molecule has 0 spiro atoms. The summed E-state index contributed by atoms with van der Waals surface area (Å²) in [5.41, 5.74) is -2.94. The molecule has 0 fully saturated rings. The summed E-state index contributed by atoms with van der Waals surface area (Å²) in [5.74, 6) is -1.93. The van der Waals surface area contributed by atoms with E-state index in [-0.39, 0.29) is 12.2 Å². The van der Waals surface area contributed by atoms with Gasteiger partial charge in [0.05, 0.1) is 25.7 Å². The van der Waals surface area contributed by atoms with Crippen LogP contribution < -0.4 is 4.74 Å². The Balaban J connectivity index is 3.37. The number of nitrogens with zero attached hydrogens (tertiary/aromatic N) is 1. The smallest absolute Gasteiger partial charge is 0.437 e. The minimum atomic E-state index is -4.95. The zero-order chi connectivity index (χ0) is 16.2. The van der Waals surface area contributed by atoms with E-state index >= 15 is 0 Å². The molecule has 4 nitrogen and oxygen atoms in total. The topological polar surface area (TPSA) is 48.4 Å². The largest absolute Gasteiger partial charge is 0.494 e. The van der Waals surface area contributed by atoms with E-state index in [1.165, 1.54) is 6.92 Å². The SMILES string of the molecule is CCOC(=O)Cc1cnc(C(F)(F)F)c(OC)c1C(F)F. The Labute approximate surface area is 116 Å². The lowest BCUT2D eigenvalue weighted by molar-refractivity contribution is -0.142. The van der Waals surface area contributed by atoms with Crippen LogP contribution in [0.4, 0.5) is 22.0 Å². The highest BCUT2D eigenvalue weighted by molar-refractivity contribution is 5.73. The molecule has 0 saturated carbocycles. The summed E-state index contributed by atoms with van der Waals surface area (Å²) in [6.45, 7) is 1.53. The average molecular weight is 313 g/mol. The molecule has 0 amide bonds. The number of alkyl halides is 5. The third kappa shape index (κ3) is 4.02. The molecule has 0 unspecified atom stereocenters. The van der Waals surface area contributed by atoms with Crippen LogP contribution in [0.3, 0.4) is 0 Å². The summed E-state index contributed by atoms with van der Waals surface area (Å²) < 4.78 is 73.3. The van der Waals surface area contributed by atoms with Gasteiger partial charge in [0.25, 0.3) is 6.43 Å². The molecule has 1 heterocycles. The molecular formula is C12H12F5NO3. The van der Waals surface area contributed by atoms with E-state index in [4.69, 9.17) is 0 Å². The molecule has 0 saturated heterocycles. The highest BCUT2D eigenvalue weighted by Crippen LogP contribution is 2.41. The summed E-state index contributed by atoms with van der Waals surface area (Å²) in [4.78, 5) is 14.4. The second-order valence-electron chi connectivity index (χ2n) is 3.86. The number of ether oxygens (including phenoxy) is 2. The summed E-state index contributed by atoms with van der Waals surface area (Å²) >= 11 is 0. The van der Waals surface area contributed by atoms with Gasteiger partial charge in [-0.2, -0.15) is 13.2 Å². The zero-order valence-electron chi connectivity index (χ0n) is 11.1. The van der Waals surface area contributed by atoms with Crippen LogP contribution in [0, 0.1) is 0 Å². The number of methoxy groups -OCH3 is 1. The van der Waals surface area contributed by atoms with Gasteiger partial charge in [0, 0.05) is 6.20 Å². The highest BCUT2D eigenvalue weighted by atomic mass is 19.4. The van der Waals surface area contributed by atoms with Crippen LogP contribution in [-0.4, -0.2) is 24.7 Å². The second-order valence-corrected chi connectivity index (χ2v) is 3.86. The lowest BCUT2D eigenvalue weighted by atomic mass is 10.0. The van der Waals surface area contributed by atoms with E-state index in [1.54, 1.807) is 0 Å². The van der Waals surface area contributed by atoms with Crippen molar-refractivity contribution in [1.29, 1.82) is 0 Å². The van der Waals surface area contributed by atoms with E-state index in [0.717, 1.165) is 7.11 Å². The van der Waals surface area contributed by atoms with Gasteiger partial charge >= 0.3 is 12.1 Å². The summed E-state index contributed by atoms with van der Waals surface area (Å²) in [5, 5.41) is 0. The first-order valence-electron chi connectivity index (χ1n) is 5.79. The Morgan fingerprint density at radius 3 is 2.43 bits per heavy atom. The fourth-order valence-corrected chi connectivity index (χ4v) is 1.70. The lowest BCUT2D eigenvalue weighted by Gasteiger charge is -2.17. The molecule has 0 N–H and O–H groups in total. The number of aromatic nitrogens is 1. The molecule has 0 aliphatic heterocycles. The number of hydrogen-bond donors (Lipinski definition) is 0. The summed E-state index contributed by atoms with van der Waals surface area (Å²) in [7, 11) is 0.826. The first kappa shape index (κ1) is 17.1. The lowest BCUT2D eigenvalue weighted by Crippen LogP contribution is -2.16. The minimum Gasteiger partial charge on any atom is -0.494 e. The number of esters is 1. The Morgan fingerprint density at radius 2 is 2.00 bits per heavy atom. The van der Waals surface area contributed by atoms with Crippen LogP contribution in [-0.2, 0) is 22.1 Å². The molecule has 21 heavy (non-hydrogen) atoms. The number of rotatable bonds is 5. The fourth-order valence-electron chi connectivity index (χ4n) is 1.70. The standard InChI is InChI=1S/C12H12F5NO3/c1-3-21-7(19)4-6-5-18-10(12(15,16)17)9(20-2)8(6)11(13)14/h5,11H,3-4H2,1-2H3. The molecule has 1 aromatic heterocycles. The molecule has 0 bridgehead atoms. The van der Waals surface area contributed by atoms with Gasteiger partial charge in [-0.15, -0.1) is 0 Å². The number of carbonyl (C=O) groups is 1. The monoisotopic (exact) mass is 313 g/mol. The van der Waals surface area contributed by atoms with Gasteiger partial charge in [-0.3, -0.25) is 4.79 Å². The summed E-state index contributed by atoms with van der Waals surface area (Å²) in [6.07, 6.45) is -8.23. The van der Waals surface area contributed by atoms with Crippen molar-refractivity contribution in [2.75, 3.05) is 13.7 Å². The molecule has 0 radical (unpaired) electrons. The molecule has 0 aromatic carbocycles. The normalized spacial score (nSPS) is 11.6. The molecular weight excluding hydrogens is 301 g/mol. The third-order valence-electron chi connectivity index (χ3n) is 2.49. The molecule has 0 aliphatic carbocycles. The Hall–Kier alpha value is -1.93. The minimum absolute atomic E-state index is 0.0219. The Morgan fingerprint density at radius 1 is 1.38 bits per heavy atom. The van der Waals surface area contributed by atoms with Crippen LogP contribution in [0.2, 0.25) is 0 Å². The van der Waals surface area contributed by atoms with Crippen molar-refractivity contribution in [1.82, 2.24) is 4.98 Å². The maximum Gasteiger partial charge on any atom is 0.437 e. The number of carbonyl (C=O) groups excluding carboxylic acids is 1. The first-order chi connectivity index (χ1) is 9.72. The maximum atomic E-state index is 13.1. The van der Waals surface area contributed by atoms with E-state index in [2.05, 4.69) is 14.5 Å². The van der Waals surface area contributed by atoms with E-state index in [0.29, 0.717) is 6.20 Å².